The van der Waals surface area contributed by atoms with Gasteiger partial charge in [-0.1, -0.05) is 30.3 Å². The summed E-state index contributed by atoms with van der Waals surface area (Å²) in [6.45, 7) is 0.572. The number of rotatable bonds is 3. The van der Waals surface area contributed by atoms with Gasteiger partial charge in [0.15, 0.2) is 0 Å². The molecule has 0 N–H and O–H groups in total. The molecule has 1 atom stereocenters. The first-order chi connectivity index (χ1) is 11.8. The molecule has 2 aromatic carbocycles. The van der Waals surface area contributed by atoms with Gasteiger partial charge in [0.1, 0.15) is 12.4 Å². The molecule has 0 saturated heterocycles. The molecule has 0 aromatic heterocycles. The van der Waals surface area contributed by atoms with Crippen LogP contribution in [0.5, 0.6) is 5.75 Å². The number of carbonyl (C=O) groups excluding carboxylic acids is 1. The Balaban J connectivity index is 1.63. The Morgan fingerprint density at radius 1 is 1.16 bits per heavy atom. The van der Waals surface area contributed by atoms with Gasteiger partial charge >= 0.3 is 6.18 Å². The van der Waals surface area contributed by atoms with Crippen molar-refractivity contribution in [1.82, 2.24) is 4.90 Å². The fraction of sp³-hybridized carbons (Fsp3) is 0.316. The van der Waals surface area contributed by atoms with Gasteiger partial charge in [-0.15, -0.1) is 0 Å². The Kier molecular flexibility index (Phi) is 4.70. The molecule has 1 heterocycles. The van der Waals surface area contributed by atoms with E-state index in [1.807, 2.05) is 24.3 Å². The average molecular weight is 349 g/mol. The van der Waals surface area contributed by atoms with E-state index in [4.69, 9.17) is 4.74 Å². The van der Waals surface area contributed by atoms with Gasteiger partial charge in [0.2, 0.25) is 5.91 Å². The van der Waals surface area contributed by atoms with Gasteiger partial charge in [0, 0.05) is 13.6 Å². The Hall–Kier alpha value is -2.50. The number of benzene rings is 2. The van der Waals surface area contributed by atoms with Crippen LogP contribution in [0.1, 0.15) is 16.7 Å². The second-order valence-electron chi connectivity index (χ2n) is 6.21. The van der Waals surface area contributed by atoms with Crippen LogP contribution in [-0.4, -0.2) is 24.5 Å². The molecule has 1 aliphatic heterocycles. The van der Waals surface area contributed by atoms with Crippen molar-refractivity contribution in [1.29, 1.82) is 0 Å². The number of ether oxygens (including phenoxy) is 1. The molecule has 132 valence electrons. The van der Waals surface area contributed by atoms with Gasteiger partial charge in [-0.25, -0.2) is 0 Å². The van der Waals surface area contributed by atoms with Crippen LogP contribution in [0.15, 0.2) is 48.5 Å². The monoisotopic (exact) mass is 349 g/mol. The summed E-state index contributed by atoms with van der Waals surface area (Å²) in [4.78, 5) is 14.1. The normalized spacial score (nSPS) is 16.7. The summed E-state index contributed by atoms with van der Waals surface area (Å²) in [5, 5.41) is 0. The fourth-order valence-corrected chi connectivity index (χ4v) is 2.95. The SMILES string of the molecule is CN(Cc1ccc(C(F)(F)F)cc1)C(=O)C1COc2ccccc2C1. The summed E-state index contributed by atoms with van der Waals surface area (Å²) in [6, 6.07) is 12.5. The topological polar surface area (TPSA) is 29.5 Å². The average Bonchev–Trinajstić information content (AvgIpc) is 2.60. The van der Waals surface area contributed by atoms with Crippen LogP contribution in [0.4, 0.5) is 13.2 Å². The third-order valence-corrected chi connectivity index (χ3v) is 4.31. The molecule has 1 aliphatic rings. The number of amides is 1. The molecular formula is C19H18F3NO2. The third-order valence-electron chi connectivity index (χ3n) is 4.31. The summed E-state index contributed by atoms with van der Waals surface area (Å²) in [7, 11) is 1.65. The quantitative estimate of drug-likeness (QED) is 0.841. The van der Waals surface area contributed by atoms with E-state index in [2.05, 4.69) is 0 Å². The standard InChI is InChI=1S/C19H18F3NO2/c1-23(11-13-6-8-16(9-7-13)19(20,21)22)18(24)15-10-14-4-2-3-5-17(14)25-12-15/h2-9,15H,10-12H2,1H3. The number of hydrogen-bond acceptors (Lipinski definition) is 2. The Morgan fingerprint density at radius 2 is 1.84 bits per heavy atom. The maximum absolute atomic E-state index is 12.6. The van der Waals surface area contributed by atoms with Gasteiger partial charge in [-0.3, -0.25) is 4.79 Å². The Morgan fingerprint density at radius 3 is 2.52 bits per heavy atom. The third kappa shape index (κ3) is 3.95. The van der Waals surface area contributed by atoms with E-state index in [1.165, 1.54) is 17.0 Å². The van der Waals surface area contributed by atoms with E-state index < -0.39 is 11.7 Å². The largest absolute Gasteiger partial charge is 0.492 e. The van der Waals surface area contributed by atoms with Gasteiger partial charge in [0.05, 0.1) is 11.5 Å². The van der Waals surface area contributed by atoms with Gasteiger partial charge < -0.3 is 9.64 Å². The number of nitrogens with zero attached hydrogens (tertiary/aromatic N) is 1. The highest BCUT2D eigenvalue weighted by molar-refractivity contribution is 5.79. The van der Waals surface area contributed by atoms with Crippen LogP contribution in [0.2, 0.25) is 0 Å². The summed E-state index contributed by atoms with van der Waals surface area (Å²) < 4.78 is 43.4. The lowest BCUT2D eigenvalue weighted by molar-refractivity contribution is -0.138. The molecule has 6 heteroatoms. The molecule has 2 aromatic rings. The first-order valence-corrected chi connectivity index (χ1v) is 7.96. The van der Waals surface area contributed by atoms with Gasteiger partial charge in [0.25, 0.3) is 0 Å². The first kappa shape index (κ1) is 17.3. The first-order valence-electron chi connectivity index (χ1n) is 7.96. The molecule has 0 fully saturated rings. The molecule has 1 unspecified atom stereocenters. The minimum atomic E-state index is -4.35. The van der Waals surface area contributed by atoms with Crippen molar-refractivity contribution in [2.24, 2.45) is 5.92 Å². The van der Waals surface area contributed by atoms with E-state index >= 15 is 0 Å². The van der Waals surface area contributed by atoms with Crippen molar-refractivity contribution in [2.75, 3.05) is 13.7 Å². The molecule has 0 aliphatic carbocycles. The Bertz CT molecular complexity index is 756. The zero-order valence-corrected chi connectivity index (χ0v) is 13.7. The van der Waals surface area contributed by atoms with Crippen molar-refractivity contribution in [3.63, 3.8) is 0 Å². The summed E-state index contributed by atoms with van der Waals surface area (Å²) >= 11 is 0. The van der Waals surface area contributed by atoms with Crippen molar-refractivity contribution in [3.8, 4) is 5.75 Å². The van der Waals surface area contributed by atoms with Crippen LogP contribution >= 0.6 is 0 Å². The highest BCUT2D eigenvalue weighted by Gasteiger charge is 2.30. The number of alkyl halides is 3. The van der Waals surface area contributed by atoms with Crippen LogP contribution in [0.3, 0.4) is 0 Å². The number of halogens is 3. The van der Waals surface area contributed by atoms with Crippen molar-refractivity contribution in [3.05, 3.63) is 65.2 Å². The summed E-state index contributed by atoms with van der Waals surface area (Å²) in [6.07, 6.45) is -3.75. The predicted molar refractivity (Wildman–Crippen MR) is 87.0 cm³/mol. The van der Waals surface area contributed by atoms with Crippen molar-refractivity contribution >= 4 is 5.91 Å². The lowest BCUT2D eigenvalue weighted by Gasteiger charge is -2.28. The van der Waals surface area contributed by atoms with E-state index in [9.17, 15) is 18.0 Å². The zero-order valence-electron chi connectivity index (χ0n) is 13.7. The van der Waals surface area contributed by atoms with E-state index in [0.717, 1.165) is 23.4 Å². The highest BCUT2D eigenvalue weighted by Crippen LogP contribution is 2.30. The molecule has 0 radical (unpaired) electrons. The number of para-hydroxylation sites is 1. The molecule has 3 nitrogen and oxygen atoms in total. The molecule has 1 amide bonds. The van der Waals surface area contributed by atoms with E-state index in [0.29, 0.717) is 18.6 Å². The maximum atomic E-state index is 12.6. The molecule has 0 bridgehead atoms. The zero-order chi connectivity index (χ0) is 18.0. The lowest BCUT2D eigenvalue weighted by Crippen LogP contribution is -2.38. The lowest BCUT2D eigenvalue weighted by atomic mass is 9.95. The number of carbonyl (C=O) groups is 1. The Labute approximate surface area is 144 Å². The second-order valence-corrected chi connectivity index (χ2v) is 6.21. The van der Waals surface area contributed by atoms with E-state index in [-0.39, 0.29) is 18.4 Å². The van der Waals surface area contributed by atoms with Gasteiger partial charge in [-0.05, 0) is 35.7 Å². The second kappa shape index (κ2) is 6.78. The van der Waals surface area contributed by atoms with Crippen LogP contribution in [-0.2, 0) is 23.9 Å². The fourth-order valence-electron chi connectivity index (χ4n) is 2.95. The minimum absolute atomic E-state index is 0.0746. The van der Waals surface area contributed by atoms with Crippen LogP contribution in [0, 0.1) is 5.92 Å². The minimum Gasteiger partial charge on any atom is -0.492 e. The molecule has 0 saturated carbocycles. The summed E-state index contributed by atoms with van der Waals surface area (Å²) in [5.74, 6) is 0.445. The van der Waals surface area contributed by atoms with Crippen molar-refractivity contribution < 1.29 is 22.7 Å². The molecule has 25 heavy (non-hydrogen) atoms. The molecular weight excluding hydrogens is 331 g/mol. The maximum Gasteiger partial charge on any atom is 0.416 e. The highest BCUT2D eigenvalue weighted by atomic mass is 19.4. The van der Waals surface area contributed by atoms with Crippen molar-refractivity contribution in [2.45, 2.75) is 19.1 Å². The van der Waals surface area contributed by atoms with E-state index in [1.54, 1.807) is 7.05 Å². The summed E-state index contributed by atoms with van der Waals surface area (Å²) in [5.41, 5.74) is 0.957. The van der Waals surface area contributed by atoms with Crippen LogP contribution in [0.25, 0.3) is 0 Å². The number of fused-ring (bicyclic) bond motifs is 1. The number of hydrogen-bond donors (Lipinski definition) is 0. The van der Waals surface area contributed by atoms with Crippen LogP contribution < -0.4 is 4.74 Å². The van der Waals surface area contributed by atoms with Gasteiger partial charge in [-0.2, -0.15) is 13.2 Å². The molecule has 0 spiro atoms. The predicted octanol–water partition coefficient (Wildman–Crippen LogP) is 3.92. The molecule has 3 rings (SSSR count). The smallest absolute Gasteiger partial charge is 0.416 e.